The summed E-state index contributed by atoms with van der Waals surface area (Å²) in [5, 5.41) is 6.11. The smallest absolute Gasteiger partial charge is 0.161 e. The molecule has 0 spiro atoms. The van der Waals surface area contributed by atoms with Gasteiger partial charge in [-0.25, -0.2) is 0 Å². The van der Waals surface area contributed by atoms with Crippen LogP contribution in [0.15, 0.2) is 6.20 Å². The van der Waals surface area contributed by atoms with E-state index in [1.807, 2.05) is 28.2 Å². The Hall–Kier alpha value is -0.330. The zero-order valence-corrected chi connectivity index (χ0v) is 13.6. The second-order valence-corrected chi connectivity index (χ2v) is 7.89. The quantitative estimate of drug-likeness (QED) is 0.926. The maximum atomic E-state index is 6.50. The number of thioether (sulfide) groups is 2. The molecule has 2 rings (SSSR count). The van der Waals surface area contributed by atoms with Gasteiger partial charge in [0.25, 0.3) is 0 Å². The fraction of sp³-hybridized carbons (Fsp3) is 0.769. The number of nitrogens with two attached hydrogens (primary N) is 1. The molecule has 0 amide bonds. The number of ether oxygens (including phenoxy) is 1. The molecule has 1 aromatic rings. The van der Waals surface area contributed by atoms with Crippen molar-refractivity contribution in [3.05, 3.63) is 11.9 Å². The van der Waals surface area contributed by atoms with E-state index in [1.165, 1.54) is 0 Å². The third-order valence-electron chi connectivity index (χ3n) is 3.65. The summed E-state index contributed by atoms with van der Waals surface area (Å²) < 4.78 is 7.36. The molecule has 4 unspecified atom stereocenters. The van der Waals surface area contributed by atoms with Crippen LogP contribution in [0.5, 0.6) is 5.75 Å². The molecule has 0 aromatic carbocycles. The first-order valence-electron chi connectivity index (χ1n) is 6.70. The van der Waals surface area contributed by atoms with Crippen LogP contribution in [0.3, 0.4) is 0 Å². The van der Waals surface area contributed by atoms with Gasteiger partial charge in [-0.3, -0.25) is 4.68 Å². The van der Waals surface area contributed by atoms with E-state index >= 15 is 0 Å². The Morgan fingerprint density at radius 2 is 2.26 bits per heavy atom. The summed E-state index contributed by atoms with van der Waals surface area (Å²) in [4.78, 5) is 0. The lowest BCUT2D eigenvalue weighted by molar-refractivity contribution is 0.401. The lowest BCUT2D eigenvalue weighted by atomic mass is 10.1. The number of rotatable bonds is 4. The second kappa shape index (κ2) is 6.41. The van der Waals surface area contributed by atoms with Crippen LogP contribution in [0.4, 0.5) is 0 Å². The molecule has 1 fully saturated rings. The molecule has 1 aliphatic rings. The van der Waals surface area contributed by atoms with Crippen molar-refractivity contribution in [3.8, 4) is 5.75 Å². The molecule has 6 heteroatoms. The Morgan fingerprint density at radius 3 is 2.84 bits per heavy atom. The zero-order chi connectivity index (χ0) is 14.0. The van der Waals surface area contributed by atoms with E-state index in [4.69, 9.17) is 10.5 Å². The number of aryl methyl sites for hydroxylation is 1. The number of methoxy groups -OCH3 is 1. The molecule has 19 heavy (non-hydrogen) atoms. The van der Waals surface area contributed by atoms with Gasteiger partial charge in [-0.2, -0.15) is 28.6 Å². The van der Waals surface area contributed by atoms with Crippen molar-refractivity contribution in [2.24, 2.45) is 5.73 Å². The van der Waals surface area contributed by atoms with E-state index in [9.17, 15) is 0 Å². The van der Waals surface area contributed by atoms with E-state index < -0.39 is 0 Å². The van der Waals surface area contributed by atoms with Crippen LogP contribution in [0.2, 0.25) is 0 Å². The second-order valence-electron chi connectivity index (χ2n) is 4.86. The highest BCUT2D eigenvalue weighted by atomic mass is 32.2. The predicted molar refractivity (Wildman–Crippen MR) is 84.1 cm³/mol. The van der Waals surface area contributed by atoms with Crippen LogP contribution in [-0.2, 0) is 6.54 Å². The molecular weight excluding hydrogens is 278 g/mol. The third-order valence-corrected chi connectivity index (χ3v) is 7.17. The summed E-state index contributed by atoms with van der Waals surface area (Å²) in [6, 6.07) is -0.0233. The predicted octanol–water partition coefficient (Wildman–Crippen LogP) is 2.54. The van der Waals surface area contributed by atoms with Gasteiger partial charge in [0, 0.05) is 28.0 Å². The molecule has 0 radical (unpaired) electrons. The first-order chi connectivity index (χ1) is 9.08. The summed E-state index contributed by atoms with van der Waals surface area (Å²) in [5.74, 6) is 1.90. The third kappa shape index (κ3) is 3.06. The molecule has 4 atom stereocenters. The van der Waals surface area contributed by atoms with Gasteiger partial charge in [-0.15, -0.1) is 0 Å². The van der Waals surface area contributed by atoms with Crippen molar-refractivity contribution >= 4 is 23.5 Å². The molecule has 2 N–H and O–H groups in total. The van der Waals surface area contributed by atoms with Crippen molar-refractivity contribution < 1.29 is 4.74 Å². The summed E-state index contributed by atoms with van der Waals surface area (Å²) in [5.41, 5.74) is 7.53. The van der Waals surface area contributed by atoms with Crippen LogP contribution >= 0.6 is 23.5 Å². The van der Waals surface area contributed by atoms with Crippen LogP contribution < -0.4 is 10.5 Å². The fourth-order valence-corrected chi connectivity index (χ4v) is 5.32. The first-order valence-corrected chi connectivity index (χ1v) is 8.70. The van der Waals surface area contributed by atoms with Gasteiger partial charge in [0.05, 0.1) is 25.0 Å². The average molecular weight is 301 g/mol. The molecule has 1 aromatic heterocycles. The van der Waals surface area contributed by atoms with Crippen molar-refractivity contribution in [2.75, 3.05) is 12.9 Å². The van der Waals surface area contributed by atoms with Gasteiger partial charge in [0.1, 0.15) is 0 Å². The van der Waals surface area contributed by atoms with Crippen molar-refractivity contribution in [1.82, 2.24) is 9.78 Å². The summed E-state index contributed by atoms with van der Waals surface area (Å²) in [6.45, 7) is 7.48. The molecule has 4 nitrogen and oxygen atoms in total. The van der Waals surface area contributed by atoms with Gasteiger partial charge < -0.3 is 10.5 Å². The molecular formula is C13H23N3OS2. The Labute approximate surface area is 123 Å². The molecule has 1 saturated heterocycles. The fourth-order valence-electron chi connectivity index (χ4n) is 2.30. The van der Waals surface area contributed by atoms with Crippen molar-refractivity contribution in [3.63, 3.8) is 0 Å². The molecule has 0 bridgehead atoms. The Balaban J connectivity index is 2.19. The Bertz CT molecular complexity index is 403. The molecule has 2 heterocycles. The zero-order valence-electron chi connectivity index (χ0n) is 12.0. The number of nitrogens with zero attached hydrogens (tertiary/aromatic N) is 2. The molecule has 1 aliphatic heterocycles. The minimum Gasteiger partial charge on any atom is -0.493 e. The lowest BCUT2D eigenvalue weighted by Crippen LogP contribution is -2.35. The van der Waals surface area contributed by atoms with Gasteiger partial charge in [-0.05, 0) is 6.92 Å². The largest absolute Gasteiger partial charge is 0.493 e. The molecule has 0 saturated carbocycles. The summed E-state index contributed by atoms with van der Waals surface area (Å²) in [6.07, 6.45) is 1.77. The van der Waals surface area contributed by atoms with Crippen LogP contribution in [-0.4, -0.2) is 38.4 Å². The minimum atomic E-state index is -0.0233. The van der Waals surface area contributed by atoms with Crippen molar-refractivity contribution in [2.45, 2.75) is 49.1 Å². The highest BCUT2D eigenvalue weighted by molar-refractivity contribution is 8.07. The van der Waals surface area contributed by atoms with E-state index in [0.29, 0.717) is 15.7 Å². The normalized spacial score (nSPS) is 29.2. The highest BCUT2D eigenvalue weighted by Gasteiger charge is 2.33. The monoisotopic (exact) mass is 301 g/mol. The van der Waals surface area contributed by atoms with E-state index in [2.05, 4.69) is 25.9 Å². The van der Waals surface area contributed by atoms with Gasteiger partial charge >= 0.3 is 0 Å². The minimum absolute atomic E-state index is 0.0233. The average Bonchev–Trinajstić information content (AvgIpc) is 2.83. The summed E-state index contributed by atoms with van der Waals surface area (Å²) >= 11 is 4.01. The molecule has 108 valence electrons. The van der Waals surface area contributed by atoms with E-state index in [-0.39, 0.29) is 6.04 Å². The van der Waals surface area contributed by atoms with Gasteiger partial charge in [0.15, 0.2) is 5.75 Å². The standard InChI is InChI=1S/C13H23N3OS2/c1-5-16-13(10(17-4)6-15-16)12(14)11-7-18-8(2)9(3)19-11/h6,8-9,11-12H,5,7,14H2,1-4H3. The van der Waals surface area contributed by atoms with E-state index in [1.54, 1.807) is 13.3 Å². The highest BCUT2D eigenvalue weighted by Crippen LogP contribution is 2.41. The maximum Gasteiger partial charge on any atom is 0.161 e. The number of hydrogen-bond donors (Lipinski definition) is 1. The van der Waals surface area contributed by atoms with Crippen LogP contribution in [0, 0.1) is 0 Å². The van der Waals surface area contributed by atoms with Gasteiger partial charge in [-0.1, -0.05) is 13.8 Å². The number of hydrogen-bond acceptors (Lipinski definition) is 5. The van der Waals surface area contributed by atoms with Crippen LogP contribution in [0.1, 0.15) is 32.5 Å². The molecule has 0 aliphatic carbocycles. The summed E-state index contributed by atoms with van der Waals surface area (Å²) in [7, 11) is 1.68. The maximum absolute atomic E-state index is 6.50. The SMILES string of the molecule is CCn1ncc(OC)c1C(N)C1CSC(C)C(C)S1. The number of aromatic nitrogens is 2. The topological polar surface area (TPSA) is 53.1 Å². The van der Waals surface area contributed by atoms with Crippen molar-refractivity contribution in [1.29, 1.82) is 0 Å². The Morgan fingerprint density at radius 1 is 1.53 bits per heavy atom. The van der Waals surface area contributed by atoms with Crippen LogP contribution in [0.25, 0.3) is 0 Å². The lowest BCUT2D eigenvalue weighted by Gasteiger charge is -2.34. The Kier molecular flexibility index (Phi) is 5.09. The first kappa shape index (κ1) is 15.1. The van der Waals surface area contributed by atoms with E-state index in [0.717, 1.165) is 23.7 Å². The van der Waals surface area contributed by atoms with Gasteiger partial charge in [0.2, 0.25) is 0 Å².